The third-order valence-electron chi connectivity index (χ3n) is 5.95. The Morgan fingerprint density at radius 2 is 1.58 bits per heavy atom. The first-order valence-corrected chi connectivity index (χ1v) is 11.5. The van der Waals surface area contributed by atoms with E-state index in [1.165, 1.54) is 12.1 Å². The highest BCUT2D eigenvalue weighted by molar-refractivity contribution is 6.05. The molecule has 1 saturated heterocycles. The zero-order valence-electron chi connectivity index (χ0n) is 19.8. The fourth-order valence-electron chi connectivity index (χ4n) is 4.00. The summed E-state index contributed by atoms with van der Waals surface area (Å²) in [7, 11) is 1.54. The van der Waals surface area contributed by atoms with Gasteiger partial charge >= 0.3 is 0 Å². The molecule has 0 saturated carbocycles. The summed E-state index contributed by atoms with van der Waals surface area (Å²) in [5, 5.41) is 16.5. The van der Waals surface area contributed by atoms with Crippen LogP contribution < -0.4 is 20.3 Å². The highest BCUT2D eigenvalue weighted by Gasteiger charge is 2.20. The highest BCUT2D eigenvalue weighted by atomic mass is 16.6. The first kappa shape index (κ1) is 24.7. The van der Waals surface area contributed by atoms with Crippen molar-refractivity contribution >= 4 is 34.6 Å². The van der Waals surface area contributed by atoms with Gasteiger partial charge in [-0.1, -0.05) is 12.1 Å². The minimum absolute atomic E-state index is 0.0687. The first-order valence-electron chi connectivity index (χ1n) is 11.5. The molecule has 1 aliphatic heterocycles. The van der Waals surface area contributed by atoms with Crippen molar-refractivity contribution in [3.05, 3.63) is 88.5 Å². The van der Waals surface area contributed by atoms with Gasteiger partial charge in [0.1, 0.15) is 5.75 Å². The molecule has 3 aromatic rings. The lowest BCUT2D eigenvalue weighted by Gasteiger charge is -2.35. The van der Waals surface area contributed by atoms with E-state index in [9.17, 15) is 19.7 Å². The number of nitro groups is 1. The summed E-state index contributed by atoms with van der Waals surface area (Å²) in [6, 6.07) is 20.4. The Morgan fingerprint density at radius 3 is 2.22 bits per heavy atom. The smallest absolute Gasteiger partial charge is 0.269 e. The molecule has 186 valence electrons. The molecule has 0 spiro atoms. The lowest BCUT2D eigenvalue weighted by Crippen LogP contribution is -2.48. The van der Waals surface area contributed by atoms with Crippen molar-refractivity contribution < 1.29 is 19.2 Å². The molecule has 2 N–H and O–H groups in total. The number of piperazine rings is 1. The average molecular weight is 490 g/mol. The molecule has 0 unspecified atom stereocenters. The topological polar surface area (TPSA) is 117 Å². The fraction of sp³-hybridized carbons (Fsp3) is 0.231. The molecule has 36 heavy (non-hydrogen) atoms. The molecule has 1 aliphatic rings. The number of non-ortho nitro benzene ring substituents is 1. The van der Waals surface area contributed by atoms with E-state index in [2.05, 4.69) is 20.4 Å². The number of anilines is 3. The van der Waals surface area contributed by atoms with E-state index < -0.39 is 4.92 Å². The Kier molecular flexibility index (Phi) is 7.76. The number of para-hydroxylation sites is 2. The van der Waals surface area contributed by atoms with Gasteiger partial charge in [0.05, 0.1) is 24.3 Å². The summed E-state index contributed by atoms with van der Waals surface area (Å²) in [4.78, 5) is 39.7. The van der Waals surface area contributed by atoms with E-state index in [1.807, 2.05) is 12.1 Å². The van der Waals surface area contributed by atoms with Crippen LogP contribution in [0, 0.1) is 10.1 Å². The number of rotatable bonds is 8. The number of nitrogens with one attached hydrogen (secondary N) is 2. The summed E-state index contributed by atoms with van der Waals surface area (Å²) in [5.74, 6) is 0.164. The van der Waals surface area contributed by atoms with Crippen LogP contribution in [0.4, 0.5) is 22.7 Å². The van der Waals surface area contributed by atoms with E-state index in [-0.39, 0.29) is 24.0 Å². The molecule has 2 amide bonds. The molecule has 0 radical (unpaired) electrons. The maximum absolute atomic E-state index is 12.6. The van der Waals surface area contributed by atoms with Crippen LogP contribution in [-0.4, -0.2) is 61.5 Å². The van der Waals surface area contributed by atoms with Gasteiger partial charge in [-0.25, -0.2) is 0 Å². The molecule has 0 aliphatic carbocycles. The maximum Gasteiger partial charge on any atom is 0.269 e. The summed E-state index contributed by atoms with van der Waals surface area (Å²) < 4.78 is 5.26. The molecule has 1 heterocycles. The summed E-state index contributed by atoms with van der Waals surface area (Å²) in [6.07, 6.45) is 0. The number of methoxy groups -OCH3 is 1. The average Bonchev–Trinajstić information content (AvgIpc) is 2.90. The predicted molar refractivity (Wildman–Crippen MR) is 138 cm³/mol. The van der Waals surface area contributed by atoms with Crippen molar-refractivity contribution in [3.8, 4) is 5.75 Å². The minimum atomic E-state index is -0.412. The van der Waals surface area contributed by atoms with Crippen molar-refractivity contribution in [2.24, 2.45) is 0 Å². The zero-order valence-corrected chi connectivity index (χ0v) is 19.8. The standard InChI is InChI=1S/C26H27N5O5/c1-36-24-5-3-2-4-23(24)28-26(33)19-6-8-20(9-7-19)27-25(32)18-29-14-16-30(17-15-29)21-10-12-22(13-11-21)31(34)35/h2-13H,14-18H2,1H3,(H,27,32)(H,28,33). The second kappa shape index (κ2) is 11.3. The van der Waals surface area contributed by atoms with Crippen LogP contribution in [-0.2, 0) is 4.79 Å². The van der Waals surface area contributed by atoms with Gasteiger partial charge in [-0.2, -0.15) is 0 Å². The van der Waals surface area contributed by atoms with Gasteiger partial charge in [0.15, 0.2) is 0 Å². The predicted octanol–water partition coefficient (Wildman–Crippen LogP) is 3.62. The second-order valence-corrected chi connectivity index (χ2v) is 8.32. The van der Waals surface area contributed by atoms with E-state index in [0.29, 0.717) is 35.8 Å². The van der Waals surface area contributed by atoms with E-state index in [0.717, 1.165) is 18.8 Å². The van der Waals surface area contributed by atoms with Crippen LogP contribution >= 0.6 is 0 Å². The molecule has 10 nitrogen and oxygen atoms in total. The number of nitro benzene ring substituents is 1. The number of hydrogen-bond acceptors (Lipinski definition) is 7. The van der Waals surface area contributed by atoms with Crippen LogP contribution in [0.3, 0.4) is 0 Å². The fourth-order valence-corrected chi connectivity index (χ4v) is 4.00. The van der Waals surface area contributed by atoms with E-state index in [4.69, 9.17) is 4.74 Å². The monoisotopic (exact) mass is 489 g/mol. The number of nitrogens with zero attached hydrogens (tertiary/aromatic N) is 3. The van der Waals surface area contributed by atoms with Crippen molar-refractivity contribution in [3.63, 3.8) is 0 Å². The highest BCUT2D eigenvalue weighted by Crippen LogP contribution is 2.24. The Bertz CT molecular complexity index is 1220. The summed E-state index contributed by atoms with van der Waals surface area (Å²) in [5.41, 5.74) is 2.65. The van der Waals surface area contributed by atoms with Gasteiger partial charge in [0.2, 0.25) is 5.91 Å². The molecule has 0 aromatic heterocycles. The van der Waals surface area contributed by atoms with Crippen molar-refractivity contribution in [2.45, 2.75) is 0 Å². The van der Waals surface area contributed by atoms with Crippen molar-refractivity contribution in [1.29, 1.82) is 0 Å². The Labute approximate surface area is 208 Å². The van der Waals surface area contributed by atoms with Crippen LogP contribution in [0.25, 0.3) is 0 Å². The lowest BCUT2D eigenvalue weighted by atomic mass is 10.2. The minimum Gasteiger partial charge on any atom is -0.495 e. The number of carbonyl (C=O) groups excluding carboxylic acids is 2. The van der Waals surface area contributed by atoms with Crippen LogP contribution in [0.15, 0.2) is 72.8 Å². The largest absolute Gasteiger partial charge is 0.495 e. The van der Waals surface area contributed by atoms with Gasteiger partial charge < -0.3 is 20.3 Å². The quantitative estimate of drug-likeness (QED) is 0.367. The van der Waals surface area contributed by atoms with Crippen LogP contribution in [0.1, 0.15) is 10.4 Å². The molecule has 10 heteroatoms. The third kappa shape index (κ3) is 6.16. The molecule has 3 aromatic carbocycles. The molecular formula is C26H27N5O5. The number of hydrogen-bond donors (Lipinski definition) is 2. The SMILES string of the molecule is COc1ccccc1NC(=O)c1ccc(NC(=O)CN2CCN(c3ccc([N+](=O)[O-])cc3)CC2)cc1. The molecule has 0 bridgehead atoms. The van der Waals surface area contributed by atoms with Crippen LogP contribution in [0.2, 0.25) is 0 Å². The van der Waals surface area contributed by atoms with Gasteiger partial charge in [-0.05, 0) is 48.5 Å². The normalized spacial score (nSPS) is 13.6. The summed E-state index contributed by atoms with van der Waals surface area (Å²) >= 11 is 0. The molecular weight excluding hydrogens is 462 g/mol. The summed E-state index contributed by atoms with van der Waals surface area (Å²) in [6.45, 7) is 3.10. The van der Waals surface area contributed by atoms with E-state index >= 15 is 0 Å². The van der Waals surface area contributed by atoms with Gasteiger partial charge in [-0.3, -0.25) is 24.6 Å². The Balaban J connectivity index is 1.24. The van der Waals surface area contributed by atoms with Crippen molar-refractivity contribution in [1.82, 2.24) is 4.90 Å². The Morgan fingerprint density at radius 1 is 0.917 bits per heavy atom. The van der Waals surface area contributed by atoms with Gasteiger partial charge in [-0.15, -0.1) is 0 Å². The third-order valence-corrected chi connectivity index (χ3v) is 5.95. The molecule has 1 fully saturated rings. The second-order valence-electron chi connectivity index (χ2n) is 8.32. The number of ether oxygens (including phenoxy) is 1. The number of amides is 2. The van der Waals surface area contributed by atoms with Gasteiger partial charge in [0, 0.05) is 55.2 Å². The van der Waals surface area contributed by atoms with Crippen LogP contribution in [0.5, 0.6) is 5.75 Å². The van der Waals surface area contributed by atoms with E-state index in [1.54, 1.807) is 55.6 Å². The number of carbonyl (C=O) groups is 2. The molecule has 0 atom stereocenters. The first-order chi connectivity index (χ1) is 17.4. The lowest BCUT2D eigenvalue weighted by molar-refractivity contribution is -0.384. The van der Waals surface area contributed by atoms with Crippen molar-refractivity contribution in [2.75, 3.05) is 55.4 Å². The zero-order chi connectivity index (χ0) is 25.5. The molecule has 4 rings (SSSR count). The number of benzene rings is 3. The Hall–Kier alpha value is -4.44. The maximum atomic E-state index is 12.6. The van der Waals surface area contributed by atoms with Gasteiger partial charge in [0.25, 0.3) is 11.6 Å².